The Hall–Kier alpha value is -4.59. The van der Waals surface area contributed by atoms with Crippen molar-refractivity contribution in [3.8, 4) is 23.0 Å². The Morgan fingerprint density at radius 2 is 1.60 bits per heavy atom. The molecule has 3 aromatic carbocycles. The number of hydrogen-bond donors (Lipinski definition) is 1. The van der Waals surface area contributed by atoms with Crippen molar-refractivity contribution in [2.24, 2.45) is 5.10 Å². The van der Waals surface area contributed by atoms with E-state index in [1.165, 1.54) is 19.4 Å². The molecule has 0 aromatic heterocycles. The van der Waals surface area contributed by atoms with Crippen LogP contribution in [0.25, 0.3) is 6.08 Å². The summed E-state index contributed by atoms with van der Waals surface area (Å²) in [6.07, 6.45) is 4.59. The second-order valence-electron chi connectivity index (χ2n) is 7.26. The molecule has 0 aliphatic heterocycles. The fourth-order valence-corrected chi connectivity index (χ4v) is 3.08. The second-order valence-corrected chi connectivity index (χ2v) is 7.26. The highest BCUT2D eigenvalue weighted by Gasteiger charge is 2.08. The van der Waals surface area contributed by atoms with Crippen LogP contribution >= 0.6 is 0 Å². The van der Waals surface area contributed by atoms with Crippen molar-refractivity contribution in [2.45, 2.75) is 6.42 Å². The van der Waals surface area contributed by atoms with Gasteiger partial charge in [-0.1, -0.05) is 30.3 Å². The molecule has 0 saturated carbocycles. The molecule has 8 heteroatoms. The largest absolute Gasteiger partial charge is 0.497 e. The van der Waals surface area contributed by atoms with Crippen LogP contribution in [0.15, 0.2) is 77.9 Å². The summed E-state index contributed by atoms with van der Waals surface area (Å²) in [5.41, 5.74) is 4.73. The van der Waals surface area contributed by atoms with E-state index in [4.69, 9.17) is 18.9 Å². The maximum absolute atomic E-state index is 12.2. The molecule has 1 N–H and O–H groups in total. The molecule has 180 valence electrons. The Bertz CT molecular complexity index is 1220. The zero-order valence-corrected chi connectivity index (χ0v) is 19.7. The van der Waals surface area contributed by atoms with E-state index in [-0.39, 0.29) is 12.3 Å². The summed E-state index contributed by atoms with van der Waals surface area (Å²) in [5, 5.41) is 3.98. The van der Waals surface area contributed by atoms with Gasteiger partial charge < -0.3 is 18.9 Å². The standard InChI is InChI=1S/C27H26N2O6/c1-32-22-11-7-19(8-12-22)10-14-27(31)35-23-6-4-5-21(15-23)18-28-29-26(30)17-20-9-13-24(33-2)25(16-20)34-3/h4-16,18H,17H2,1-3H3,(H,29,30)/b14-10+,28-18+. The lowest BCUT2D eigenvalue weighted by Gasteiger charge is -2.09. The quantitative estimate of drug-likeness (QED) is 0.157. The van der Waals surface area contributed by atoms with Crippen LogP contribution in [-0.2, 0) is 16.0 Å². The number of amides is 1. The third-order valence-corrected chi connectivity index (χ3v) is 4.82. The van der Waals surface area contributed by atoms with Crippen molar-refractivity contribution in [1.29, 1.82) is 0 Å². The first-order valence-corrected chi connectivity index (χ1v) is 10.7. The lowest BCUT2D eigenvalue weighted by atomic mass is 10.1. The predicted octanol–water partition coefficient (Wildman–Crippen LogP) is 4.02. The summed E-state index contributed by atoms with van der Waals surface area (Å²) in [7, 11) is 4.68. The van der Waals surface area contributed by atoms with Crippen LogP contribution in [0.4, 0.5) is 0 Å². The molecule has 3 aromatic rings. The summed E-state index contributed by atoms with van der Waals surface area (Å²) in [6.45, 7) is 0. The molecule has 0 saturated heterocycles. The predicted molar refractivity (Wildman–Crippen MR) is 133 cm³/mol. The van der Waals surface area contributed by atoms with Crippen molar-refractivity contribution < 1.29 is 28.5 Å². The first-order valence-electron chi connectivity index (χ1n) is 10.7. The van der Waals surface area contributed by atoms with E-state index < -0.39 is 5.97 Å². The van der Waals surface area contributed by atoms with Gasteiger partial charge in [-0.2, -0.15) is 5.10 Å². The van der Waals surface area contributed by atoms with Gasteiger partial charge >= 0.3 is 5.97 Å². The maximum Gasteiger partial charge on any atom is 0.336 e. The molecule has 0 aliphatic rings. The molecule has 0 spiro atoms. The minimum absolute atomic E-state index is 0.121. The SMILES string of the molecule is COc1ccc(/C=C/C(=O)Oc2cccc(/C=N/NC(=O)Cc3ccc(OC)c(OC)c3)c2)cc1. The number of methoxy groups -OCH3 is 3. The fourth-order valence-electron chi connectivity index (χ4n) is 3.08. The highest BCUT2D eigenvalue weighted by Crippen LogP contribution is 2.27. The third-order valence-electron chi connectivity index (χ3n) is 4.82. The summed E-state index contributed by atoms with van der Waals surface area (Å²) in [4.78, 5) is 24.4. The monoisotopic (exact) mass is 474 g/mol. The Morgan fingerprint density at radius 1 is 0.829 bits per heavy atom. The van der Waals surface area contributed by atoms with E-state index in [1.54, 1.807) is 74.9 Å². The average molecular weight is 475 g/mol. The molecular weight excluding hydrogens is 448 g/mol. The Balaban J connectivity index is 1.52. The van der Waals surface area contributed by atoms with E-state index >= 15 is 0 Å². The molecule has 35 heavy (non-hydrogen) atoms. The van der Waals surface area contributed by atoms with Crippen LogP contribution in [0.2, 0.25) is 0 Å². The van der Waals surface area contributed by atoms with Crippen LogP contribution < -0.4 is 24.4 Å². The third kappa shape index (κ3) is 7.75. The van der Waals surface area contributed by atoms with E-state index in [1.807, 2.05) is 12.1 Å². The Labute approximate surface area is 203 Å². The zero-order valence-electron chi connectivity index (χ0n) is 19.7. The van der Waals surface area contributed by atoms with Crippen LogP contribution in [0.5, 0.6) is 23.0 Å². The molecular formula is C27H26N2O6. The number of benzene rings is 3. The van der Waals surface area contributed by atoms with E-state index in [2.05, 4.69) is 10.5 Å². The van der Waals surface area contributed by atoms with Gasteiger partial charge in [0.25, 0.3) is 0 Å². The molecule has 0 unspecified atom stereocenters. The minimum Gasteiger partial charge on any atom is -0.497 e. The molecule has 3 rings (SSSR count). The number of ether oxygens (including phenoxy) is 4. The number of rotatable bonds is 10. The molecule has 0 atom stereocenters. The number of esters is 1. The van der Waals surface area contributed by atoms with Crippen molar-refractivity contribution >= 4 is 24.2 Å². The highest BCUT2D eigenvalue weighted by molar-refractivity contribution is 5.89. The van der Waals surface area contributed by atoms with Gasteiger partial charge in [0.2, 0.25) is 5.91 Å². The minimum atomic E-state index is -0.516. The lowest BCUT2D eigenvalue weighted by molar-refractivity contribution is -0.129. The van der Waals surface area contributed by atoms with Crippen LogP contribution in [-0.4, -0.2) is 39.4 Å². The van der Waals surface area contributed by atoms with Gasteiger partial charge in [-0.05, 0) is 59.2 Å². The van der Waals surface area contributed by atoms with Gasteiger partial charge in [0.05, 0.1) is 34.0 Å². The molecule has 1 amide bonds. The summed E-state index contributed by atoms with van der Waals surface area (Å²) >= 11 is 0. The van der Waals surface area contributed by atoms with E-state index in [9.17, 15) is 9.59 Å². The Kier molecular flexibility index (Phi) is 9.01. The number of hydrazone groups is 1. The molecule has 8 nitrogen and oxygen atoms in total. The van der Waals surface area contributed by atoms with Gasteiger partial charge in [-0.3, -0.25) is 4.79 Å². The summed E-state index contributed by atoms with van der Waals surface area (Å²) in [6, 6.07) is 19.3. The van der Waals surface area contributed by atoms with Gasteiger partial charge in [-0.25, -0.2) is 10.2 Å². The number of carbonyl (C=O) groups excluding carboxylic acids is 2. The summed E-state index contributed by atoms with van der Waals surface area (Å²) < 4.78 is 20.9. The number of nitrogens with one attached hydrogen (secondary N) is 1. The van der Waals surface area contributed by atoms with Crippen LogP contribution in [0.1, 0.15) is 16.7 Å². The first kappa shape index (κ1) is 25.0. The zero-order chi connectivity index (χ0) is 25.0. The van der Waals surface area contributed by atoms with Crippen molar-refractivity contribution in [3.63, 3.8) is 0 Å². The molecule has 0 fully saturated rings. The topological polar surface area (TPSA) is 95.5 Å². The lowest BCUT2D eigenvalue weighted by Crippen LogP contribution is -2.19. The fraction of sp³-hybridized carbons (Fsp3) is 0.148. The first-order chi connectivity index (χ1) is 17.0. The second kappa shape index (κ2) is 12.6. The molecule has 0 bridgehead atoms. The smallest absolute Gasteiger partial charge is 0.336 e. The van der Waals surface area contributed by atoms with Crippen molar-refractivity contribution in [2.75, 3.05) is 21.3 Å². The van der Waals surface area contributed by atoms with Crippen LogP contribution in [0, 0.1) is 0 Å². The van der Waals surface area contributed by atoms with E-state index in [0.717, 1.165) is 16.9 Å². The average Bonchev–Trinajstić information content (AvgIpc) is 2.88. The van der Waals surface area contributed by atoms with Crippen LogP contribution in [0.3, 0.4) is 0 Å². The van der Waals surface area contributed by atoms with E-state index in [0.29, 0.717) is 22.8 Å². The number of nitrogens with zero attached hydrogens (tertiary/aromatic N) is 1. The molecule has 0 radical (unpaired) electrons. The van der Waals surface area contributed by atoms with Crippen molar-refractivity contribution in [3.05, 3.63) is 89.5 Å². The van der Waals surface area contributed by atoms with Crippen molar-refractivity contribution in [1.82, 2.24) is 5.43 Å². The van der Waals surface area contributed by atoms with Gasteiger partial charge in [0, 0.05) is 6.08 Å². The summed E-state index contributed by atoms with van der Waals surface area (Å²) in [5.74, 6) is 1.42. The van der Waals surface area contributed by atoms with Gasteiger partial charge in [0.1, 0.15) is 11.5 Å². The molecule has 0 heterocycles. The number of carbonyl (C=O) groups is 2. The Morgan fingerprint density at radius 3 is 2.31 bits per heavy atom. The highest BCUT2D eigenvalue weighted by atomic mass is 16.5. The normalized spacial score (nSPS) is 10.8. The molecule has 0 aliphatic carbocycles. The van der Waals surface area contributed by atoms with Gasteiger partial charge in [0.15, 0.2) is 11.5 Å². The number of hydrogen-bond acceptors (Lipinski definition) is 7. The maximum atomic E-state index is 12.2. The van der Waals surface area contributed by atoms with Gasteiger partial charge in [-0.15, -0.1) is 0 Å².